The average molecular weight is 476 g/mol. The summed E-state index contributed by atoms with van der Waals surface area (Å²) < 4.78 is 54.3. The molecular weight excluding hydrogens is 447 g/mol. The molecule has 3 aromatic rings. The van der Waals surface area contributed by atoms with E-state index in [1.54, 1.807) is 10.7 Å². The standard InChI is InChI=1S/C24H28F3N5O2/c25-24(26,27)21-15-22(19-3-1-2-18(14-19)16-31-8-12-34-13-9-31)28-23-20(21)17-32(29-23)5-4-30-6-10-33-11-7-30/h1-3,14-15,17H,4-13,16H2. The molecule has 0 unspecified atom stereocenters. The van der Waals surface area contributed by atoms with Crippen molar-refractivity contribution >= 4 is 11.0 Å². The third-order valence-corrected chi connectivity index (χ3v) is 6.33. The van der Waals surface area contributed by atoms with Crippen LogP contribution in [-0.2, 0) is 28.7 Å². The summed E-state index contributed by atoms with van der Waals surface area (Å²) in [7, 11) is 0. The van der Waals surface area contributed by atoms with Crippen LogP contribution in [0.2, 0.25) is 0 Å². The van der Waals surface area contributed by atoms with Crippen LogP contribution in [0.3, 0.4) is 0 Å². The lowest BCUT2D eigenvalue weighted by molar-refractivity contribution is -0.136. The smallest absolute Gasteiger partial charge is 0.379 e. The molecule has 7 nitrogen and oxygen atoms in total. The Morgan fingerprint density at radius 3 is 2.29 bits per heavy atom. The van der Waals surface area contributed by atoms with Crippen molar-refractivity contribution in [3.8, 4) is 11.3 Å². The van der Waals surface area contributed by atoms with E-state index in [2.05, 4.69) is 19.9 Å². The van der Waals surface area contributed by atoms with Gasteiger partial charge in [0, 0.05) is 51.0 Å². The fourth-order valence-corrected chi connectivity index (χ4v) is 4.46. The molecule has 0 radical (unpaired) electrons. The molecule has 0 aliphatic carbocycles. The SMILES string of the molecule is FC(F)(F)c1cc(-c2cccc(CN3CCOCC3)c2)nc2nn(CCN3CCOCC3)cc12. The number of benzene rings is 1. The van der Waals surface area contributed by atoms with Crippen LogP contribution in [0, 0.1) is 0 Å². The molecule has 10 heteroatoms. The summed E-state index contributed by atoms with van der Waals surface area (Å²) in [5.74, 6) is 0. The second kappa shape index (κ2) is 9.99. The summed E-state index contributed by atoms with van der Waals surface area (Å²) in [4.78, 5) is 9.02. The van der Waals surface area contributed by atoms with E-state index >= 15 is 0 Å². The molecule has 2 fully saturated rings. The highest BCUT2D eigenvalue weighted by Crippen LogP contribution is 2.36. The molecule has 34 heavy (non-hydrogen) atoms. The van der Waals surface area contributed by atoms with Crippen molar-refractivity contribution in [3.63, 3.8) is 0 Å². The number of nitrogens with zero attached hydrogens (tertiary/aromatic N) is 5. The molecule has 182 valence electrons. The summed E-state index contributed by atoms with van der Waals surface area (Å²) >= 11 is 0. The molecule has 2 aliphatic rings. The number of ether oxygens (including phenoxy) is 2. The van der Waals surface area contributed by atoms with Crippen molar-refractivity contribution in [3.05, 3.63) is 47.7 Å². The third kappa shape index (κ3) is 5.41. The summed E-state index contributed by atoms with van der Waals surface area (Å²) in [5, 5.41) is 4.43. The van der Waals surface area contributed by atoms with Gasteiger partial charge in [-0.1, -0.05) is 18.2 Å². The quantitative estimate of drug-likeness (QED) is 0.546. The Bertz CT molecular complexity index is 1120. The molecule has 0 saturated carbocycles. The van der Waals surface area contributed by atoms with Gasteiger partial charge in [-0.05, 0) is 17.7 Å². The maximum Gasteiger partial charge on any atom is 0.417 e. The van der Waals surface area contributed by atoms with Crippen molar-refractivity contribution in [2.75, 3.05) is 59.2 Å². The Morgan fingerprint density at radius 1 is 0.882 bits per heavy atom. The second-order valence-electron chi connectivity index (χ2n) is 8.73. The first kappa shape index (κ1) is 23.2. The maximum absolute atomic E-state index is 14.0. The number of rotatable bonds is 6. The van der Waals surface area contributed by atoms with Crippen LogP contribution in [-0.4, -0.2) is 83.7 Å². The minimum Gasteiger partial charge on any atom is -0.379 e. The Balaban J connectivity index is 1.42. The van der Waals surface area contributed by atoms with Gasteiger partial charge < -0.3 is 9.47 Å². The Labute approximate surface area is 196 Å². The van der Waals surface area contributed by atoms with Crippen molar-refractivity contribution in [1.82, 2.24) is 24.6 Å². The maximum atomic E-state index is 14.0. The van der Waals surface area contributed by atoms with E-state index in [9.17, 15) is 13.2 Å². The predicted octanol–water partition coefficient (Wildman–Crippen LogP) is 3.28. The van der Waals surface area contributed by atoms with Crippen LogP contribution in [0.15, 0.2) is 36.5 Å². The zero-order valence-corrected chi connectivity index (χ0v) is 18.9. The van der Waals surface area contributed by atoms with E-state index in [4.69, 9.17) is 9.47 Å². The number of alkyl halides is 3. The lowest BCUT2D eigenvalue weighted by Gasteiger charge is -2.26. The molecule has 0 N–H and O–H groups in total. The van der Waals surface area contributed by atoms with Crippen LogP contribution < -0.4 is 0 Å². The molecule has 0 atom stereocenters. The van der Waals surface area contributed by atoms with Crippen LogP contribution >= 0.6 is 0 Å². The number of pyridine rings is 1. The number of aromatic nitrogens is 3. The molecule has 2 aliphatic heterocycles. The van der Waals surface area contributed by atoms with E-state index in [-0.39, 0.29) is 16.7 Å². The van der Waals surface area contributed by atoms with Crippen LogP contribution in [0.4, 0.5) is 13.2 Å². The van der Waals surface area contributed by atoms with Gasteiger partial charge in [-0.15, -0.1) is 0 Å². The minimum atomic E-state index is -4.50. The van der Waals surface area contributed by atoms with Gasteiger partial charge in [-0.2, -0.15) is 18.3 Å². The number of halogens is 3. The van der Waals surface area contributed by atoms with Gasteiger partial charge in [-0.3, -0.25) is 14.5 Å². The Kier molecular flexibility index (Phi) is 6.82. The Hall–Kier alpha value is -2.53. The number of morpholine rings is 2. The number of hydrogen-bond donors (Lipinski definition) is 0. The predicted molar refractivity (Wildman–Crippen MR) is 121 cm³/mol. The summed E-state index contributed by atoms with van der Waals surface area (Å²) in [6.07, 6.45) is -3.04. The van der Waals surface area contributed by atoms with Gasteiger partial charge in [0.25, 0.3) is 0 Å². The number of hydrogen-bond acceptors (Lipinski definition) is 6. The summed E-state index contributed by atoms with van der Waals surface area (Å²) in [5.41, 5.74) is 1.38. The third-order valence-electron chi connectivity index (χ3n) is 6.33. The van der Waals surface area contributed by atoms with Crippen LogP contribution in [0.25, 0.3) is 22.3 Å². The Morgan fingerprint density at radius 2 is 1.59 bits per heavy atom. The molecule has 4 heterocycles. The summed E-state index contributed by atoms with van der Waals surface area (Å²) in [6, 6.07) is 8.71. The molecule has 0 amide bonds. The largest absolute Gasteiger partial charge is 0.417 e. The lowest BCUT2D eigenvalue weighted by Crippen LogP contribution is -2.38. The monoisotopic (exact) mass is 475 g/mol. The van der Waals surface area contributed by atoms with Crippen molar-refractivity contribution in [1.29, 1.82) is 0 Å². The molecule has 1 aromatic carbocycles. The molecule has 2 aromatic heterocycles. The van der Waals surface area contributed by atoms with Gasteiger partial charge >= 0.3 is 6.18 Å². The normalized spacial score (nSPS) is 18.6. The van der Waals surface area contributed by atoms with Gasteiger partial charge in [0.2, 0.25) is 0 Å². The van der Waals surface area contributed by atoms with Crippen molar-refractivity contribution in [2.24, 2.45) is 0 Å². The fourth-order valence-electron chi connectivity index (χ4n) is 4.46. The molecular formula is C24H28F3N5O2. The second-order valence-corrected chi connectivity index (χ2v) is 8.73. The highest BCUT2D eigenvalue weighted by Gasteiger charge is 2.34. The van der Waals surface area contributed by atoms with E-state index < -0.39 is 11.7 Å². The van der Waals surface area contributed by atoms with Crippen LogP contribution in [0.1, 0.15) is 11.1 Å². The average Bonchev–Trinajstić information content (AvgIpc) is 3.26. The van der Waals surface area contributed by atoms with Gasteiger partial charge in [0.05, 0.1) is 49.6 Å². The van der Waals surface area contributed by atoms with Gasteiger partial charge in [0.15, 0.2) is 5.65 Å². The van der Waals surface area contributed by atoms with Crippen molar-refractivity contribution < 1.29 is 22.6 Å². The molecule has 2 saturated heterocycles. The first-order valence-electron chi connectivity index (χ1n) is 11.6. The molecule has 0 spiro atoms. The first-order chi connectivity index (χ1) is 16.5. The van der Waals surface area contributed by atoms with E-state index in [1.807, 2.05) is 18.2 Å². The van der Waals surface area contributed by atoms with Crippen LogP contribution in [0.5, 0.6) is 0 Å². The molecule has 0 bridgehead atoms. The highest BCUT2D eigenvalue weighted by atomic mass is 19.4. The topological polar surface area (TPSA) is 55.7 Å². The van der Waals surface area contributed by atoms with Crippen molar-refractivity contribution in [2.45, 2.75) is 19.3 Å². The van der Waals surface area contributed by atoms with Gasteiger partial charge in [0.1, 0.15) is 0 Å². The highest BCUT2D eigenvalue weighted by molar-refractivity contribution is 5.82. The number of fused-ring (bicyclic) bond motifs is 1. The fraction of sp³-hybridized carbons (Fsp3) is 0.500. The van der Waals surface area contributed by atoms with E-state index in [1.165, 1.54) is 6.20 Å². The lowest BCUT2D eigenvalue weighted by atomic mass is 10.0. The van der Waals surface area contributed by atoms with E-state index in [0.29, 0.717) is 45.1 Å². The zero-order chi connectivity index (χ0) is 23.5. The summed E-state index contributed by atoms with van der Waals surface area (Å²) in [6.45, 7) is 7.99. The first-order valence-corrected chi connectivity index (χ1v) is 11.6. The minimum absolute atomic E-state index is 0.0303. The van der Waals surface area contributed by atoms with E-state index in [0.717, 1.165) is 44.4 Å². The van der Waals surface area contributed by atoms with Gasteiger partial charge in [-0.25, -0.2) is 4.98 Å². The zero-order valence-electron chi connectivity index (χ0n) is 18.9. The molecule has 5 rings (SSSR count).